The van der Waals surface area contributed by atoms with E-state index in [1.54, 1.807) is 0 Å². The van der Waals surface area contributed by atoms with Gasteiger partial charge in [0.25, 0.3) is 0 Å². The third-order valence-electron chi connectivity index (χ3n) is 4.72. The largest absolute Gasteiger partial charge is 0.378 e. The van der Waals surface area contributed by atoms with Crippen molar-refractivity contribution in [1.82, 2.24) is 9.97 Å². The Labute approximate surface area is 160 Å². The second-order valence-corrected chi connectivity index (χ2v) is 6.46. The van der Waals surface area contributed by atoms with Gasteiger partial charge in [-0.1, -0.05) is 48.5 Å². The van der Waals surface area contributed by atoms with Crippen LogP contribution in [-0.2, 0) is 4.74 Å². The van der Waals surface area contributed by atoms with Crippen LogP contribution in [0.5, 0.6) is 0 Å². The molecule has 1 aliphatic rings. The summed E-state index contributed by atoms with van der Waals surface area (Å²) in [6.45, 7) is 6.03. The van der Waals surface area contributed by atoms with Crippen LogP contribution in [0.25, 0.3) is 11.3 Å². The predicted molar refractivity (Wildman–Crippen MR) is 110 cm³/mol. The lowest BCUT2D eigenvalue weighted by molar-refractivity contribution is 0.122. The number of hydrogen-bond donors (Lipinski definition) is 0. The topological polar surface area (TPSA) is 41.5 Å². The summed E-state index contributed by atoms with van der Waals surface area (Å²) in [6.07, 6.45) is 0. The minimum absolute atomic E-state index is 0.713. The highest BCUT2D eigenvalue weighted by Crippen LogP contribution is 2.29. The lowest BCUT2D eigenvalue weighted by Gasteiger charge is -2.29. The van der Waals surface area contributed by atoms with Gasteiger partial charge in [0, 0.05) is 37.0 Å². The van der Waals surface area contributed by atoms with Crippen molar-refractivity contribution in [2.24, 2.45) is 0 Å². The van der Waals surface area contributed by atoms with Crippen LogP contribution in [0.1, 0.15) is 6.92 Å². The van der Waals surface area contributed by atoms with E-state index in [-0.39, 0.29) is 0 Å². The maximum Gasteiger partial charge on any atom is 0.228 e. The van der Waals surface area contributed by atoms with E-state index in [1.165, 1.54) is 0 Å². The minimum atomic E-state index is 0.713. The maximum absolute atomic E-state index is 5.50. The molecule has 2 heterocycles. The Kier molecular flexibility index (Phi) is 5.30. The van der Waals surface area contributed by atoms with Gasteiger partial charge in [0.1, 0.15) is 5.82 Å². The Bertz CT molecular complexity index is 864. The number of morpholine rings is 1. The summed E-state index contributed by atoms with van der Waals surface area (Å²) in [6, 6.07) is 22.7. The Morgan fingerprint density at radius 3 is 2.26 bits per heavy atom. The first-order valence-corrected chi connectivity index (χ1v) is 9.45. The molecule has 3 aromatic rings. The van der Waals surface area contributed by atoms with Gasteiger partial charge in [0.15, 0.2) is 0 Å². The Morgan fingerprint density at radius 1 is 0.926 bits per heavy atom. The molecule has 4 rings (SSSR count). The molecule has 0 saturated carbocycles. The SMILES string of the molecule is CCN(c1ccccc1)c1cc(-c2ccccc2)nc(N2CCOCC2)n1. The fourth-order valence-corrected chi connectivity index (χ4v) is 3.31. The average molecular weight is 360 g/mol. The third kappa shape index (κ3) is 3.93. The third-order valence-corrected chi connectivity index (χ3v) is 4.72. The smallest absolute Gasteiger partial charge is 0.228 e. The van der Waals surface area contributed by atoms with Crippen LogP contribution in [0.3, 0.4) is 0 Å². The zero-order chi connectivity index (χ0) is 18.5. The molecular weight excluding hydrogens is 336 g/mol. The number of hydrogen-bond acceptors (Lipinski definition) is 5. The van der Waals surface area contributed by atoms with Gasteiger partial charge in [0.05, 0.1) is 18.9 Å². The second kappa shape index (κ2) is 8.18. The van der Waals surface area contributed by atoms with Crippen molar-refractivity contribution in [2.75, 3.05) is 42.6 Å². The standard InChI is InChI=1S/C22H24N4O/c1-2-26(19-11-7-4-8-12-19)21-17-20(18-9-5-3-6-10-18)23-22(24-21)25-13-15-27-16-14-25/h3-12,17H,2,13-16H2,1H3. The lowest BCUT2D eigenvalue weighted by atomic mass is 10.1. The molecule has 1 saturated heterocycles. The van der Waals surface area contributed by atoms with E-state index in [4.69, 9.17) is 14.7 Å². The molecule has 1 aromatic heterocycles. The van der Waals surface area contributed by atoms with Gasteiger partial charge in [-0.05, 0) is 19.1 Å². The van der Waals surface area contributed by atoms with Crippen molar-refractivity contribution in [3.63, 3.8) is 0 Å². The zero-order valence-electron chi connectivity index (χ0n) is 15.6. The number of anilines is 3. The van der Waals surface area contributed by atoms with Crippen LogP contribution in [0.15, 0.2) is 66.7 Å². The number of ether oxygens (including phenoxy) is 1. The highest BCUT2D eigenvalue weighted by atomic mass is 16.5. The molecule has 0 aliphatic carbocycles. The van der Waals surface area contributed by atoms with Crippen molar-refractivity contribution in [3.8, 4) is 11.3 Å². The molecule has 0 amide bonds. The van der Waals surface area contributed by atoms with Crippen LogP contribution >= 0.6 is 0 Å². The van der Waals surface area contributed by atoms with Crippen molar-refractivity contribution in [3.05, 3.63) is 66.7 Å². The molecule has 0 unspecified atom stereocenters. The van der Waals surface area contributed by atoms with E-state index in [0.29, 0.717) is 13.2 Å². The summed E-state index contributed by atoms with van der Waals surface area (Å²) in [5.41, 5.74) is 3.17. The van der Waals surface area contributed by atoms with Gasteiger partial charge in [-0.2, -0.15) is 4.98 Å². The fraction of sp³-hybridized carbons (Fsp3) is 0.273. The monoisotopic (exact) mass is 360 g/mol. The molecule has 5 nitrogen and oxygen atoms in total. The van der Waals surface area contributed by atoms with Crippen LogP contribution in [0.2, 0.25) is 0 Å². The van der Waals surface area contributed by atoms with Gasteiger partial charge in [0.2, 0.25) is 5.95 Å². The van der Waals surface area contributed by atoms with E-state index in [1.807, 2.05) is 24.3 Å². The molecule has 0 radical (unpaired) electrons. The second-order valence-electron chi connectivity index (χ2n) is 6.46. The molecule has 138 valence electrons. The summed E-state index contributed by atoms with van der Waals surface area (Å²) in [5.74, 6) is 1.68. The van der Waals surface area contributed by atoms with Gasteiger partial charge >= 0.3 is 0 Å². The van der Waals surface area contributed by atoms with E-state index in [0.717, 1.165) is 48.3 Å². The first kappa shape index (κ1) is 17.5. The molecule has 5 heteroatoms. The van der Waals surface area contributed by atoms with Crippen molar-refractivity contribution in [2.45, 2.75) is 6.92 Å². The summed E-state index contributed by atoms with van der Waals surface area (Å²) in [5, 5.41) is 0. The summed E-state index contributed by atoms with van der Waals surface area (Å²) < 4.78 is 5.50. The van der Waals surface area contributed by atoms with E-state index in [2.05, 4.69) is 59.2 Å². The molecule has 0 atom stereocenters. The van der Waals surface area contributed by atoms with Crippen LogP contribution in [0, 0.1) is 0 Å². The maximum atomic E-state index is 5.50. The summed E-state index contributed by atoms with van der Waals surface area (Å²) in [4.78, 5) is 14.2. The molecule has 2 aromatic carbocycles. The highest BCUT2D eigenvalue weighted by Gasteiger charge is 2.18. The van der Waals surface area contributed by atoms with Crippen LogP contribution in [0.4, 0.5) is 17.5 Å². The molecule has 27 heavy (non-hydrogen) atoms. The van der Waals surface area contributed by atoms with Crippen LogP contribution < -0.4 is 9.80 Å². The van der Waals surface area contributed by atoms with E-state index in [9.17, 15) is 0 Å². The lowest BCUT2D eigenvalue weighted by Crippen LogP contribution is -2.37. The van der Waals surface area contributed by atoms with Crippen LogP contribution in [-0.4, -0.2) is 42.8 Å². The van der Waals surface area contributed by atoms with Gasteiger partial charge in [-0.15, -0.1) is 0 Å². The van der Waals surface area contributed by atoms with Crippen molar-refractivity contribution in [1.29, 1.82) is 0 Å². The Hall–Kier alpha value is -2.92. The fourth-order valence-electron chi connectivity index (χ4n) is 3.31. The summed E-state index contributed by atoms with van der Waals surface area (Å²) >= 11 is 0. The molecule has 0 spiro atoms. The highest BCUT2D eigenvalue weighted by molar-refractivity contribution is 5.69. The number of nitrogens with zero attached hydrogens (tertiary/aromatic N) is 4. The first-order valence-electron chi connectivity index (χ1n) is 9.45. The minimum Gasteiger partial charge on any atom is -0.378 e. The average Bonchev–Trinajstić information content (AvgIpc) is 2.76. The first-order chi connectivity index (χ1) is 13.3. The summed E-state index contributed by atoms with van der Waals surface area (Å²) in [7, 11) is 0. The Morgan fingerprint density at radius 2 is 1.59 bits per heavy atom. The zero-order valence-corrected chi connectivity index (χ0v) is 15.6. The van der Waals surface area contributed by atoms with Gasteiger partial charge in [-0.3, -0.25) is 0 Å². The molecule has 0 N–H and O–H groups in total. The molecule has 0 bridgehead atoms. The number of para-hydroxylation sites is 1. The molecular formula is C22H24N4O. The van der Waals surface area contributed by atoms with E-state index < -0.39 is 0 Å². The normalized spacial score (nSPS) is 14.2. The quantitative estimate of drug-likeness (QED) is 0.684. The number of benzene rings is 2. The predicted octanol–water partition coefficient (Wildman–Crippen LogP) is 4.14. The van der Waals surface area contributed by atoms with E-state index >= 15 is 0 Å². The Balaban J connectivity index is 1.79. The van der Waals surface area contributed by atoms with Crippen molar-refractivity contribution < 1.29 is 4.74 Å². The molecule has 1 fully saturated rings. The number of aromatic nitrogens is 2. The van der Waals surface area contributed by atoms with Gasteiger partial charge in [-0.25, -0.2) is 4.98 Å². The molecule has 1 aliphatic heterocycles. The van der Waals surface area contributed by atoms with Gasteiger partial charge < -0.3 is 14.5 Å². The number of rotatable bonds is 5. The van der Waals surface area contributed by atoms with Crippen molar-refractivity contribution >= 4 is 17.5 Å².